The monoisotopic (exact) mass is 507 g/mol. The molecule has 3 atom stereocenters. The van der Waals surface area contributed by atoms with Crippen molar-refractivity contribution in [1.29, 1.82) is 0 Å². The number of nitrogens with two attached hydrogens (primary N) is 1. The van der Waals surface area contributed by atoms with E-state index in [-0.39, 0.29) is 29.8 Å². The highest BCUT2D eigenvalue weighted by atomic mass is 16.6. The van der Waals surface area contributed by atoms with Crippen molar-refractivity contribution in [3.63, 3.8) is 0 Å². The van der Waals surface area contributed by atoms with E-state index in [2.05, 4.69) is 0 Å². The topological polar surface area (TPSA) is 131 Å². The molecular formula is C27H41NO8. The third-order valence-corrected chi connectivity index (χ3v) is 5.40. The first-order chi connectivity index (χ1) is 16.8. The Morgan fingerprint density at radius 1 is 0.778 bits per heavy atom. The van der Waals surface area contributed by atoms with Gasteiger partial charge >= 0.3 is 23.9 Å². The van der Waals surface area contributed by atoms with Gasteiger partial charge in [0.15, 0.2) is 11.5 Å². The quantitative estimate of drug-likeness (QED) is 0.224. The van der Waals surface area contributed by atoms with E-state index in [9.17, 15) is 19.2 Å². The summed E-state index contributed by atoms with van der Waals surface area (Å²) in [5, 5.41) is 0. The minimum Gasteiger partial charge on any atom is -0.459 e. The zero-order valence-electron chi connectivity index (χ0n) is 22.5. The highest BCUT2D eigenvalue weighted by Gasteiger charge is 2.25. The molecule has 1 aromatic rings. The largest absolute Gasteiger partial charge is 0.459 e. The van der Waals surface area contributed by atoms with Gasteiger partial charge in [0.1, 0.15) is 18.2 Å². The molecule has 9 nitrogen and oxygen atoms in total. The molecule has 0 amide bonds. The van der Waals surface area contributed by atoms with Gasteiger partial charge in [0.2, 0.25) is 0 Å². The molecule has 36 heavy (non-hydrogen) atoms. The molecule has 0 unspecified atom stereocenters. The molecule has 0 aromatic heterocycles. The summed E-state index contributed by atoms with van der Waals surface area (Å²) in [6.07, 6.45) is 1.81. The standard InChI is InChI=1S/C27H41NO8/c1-8-9-10-11-24(29)33-18(6)19(7)34-27(32)21(28)14-20-12-13-22(35-25(30)16(2)3)23(15-20)36-26(31)17(4)5/h12-13,15-19,21H,8-11,14,28H2,1-7H3/t18-,19-,21-/m0/s1. The van der Waals surface area contributed by atoms with Gasteiger partial charge in [0.05, 0.1) is 11.8 Å². The summed E-state index contributed by atoms with van der Waals surface area (Å²) >= 11 is 0. The maximum Gasteiger partial charge on any atom is 0.323 e. The molecule has 0 aliphatic carbocycles. The Kier molecular flexibility index (Phi) is 13.2. The van der Waals surface area contributed by atoms with Crippen LogP contribution < -0.4 is 15.2 Å². The van der Waals surface area contributed by atoms with Gasteiger partial charge in [-0.2, -0.15) is 0 Å². The SMILES string of the molecule is CCCCCC(=O)O[C@@H](C)[C@H](C)OC(=O)[C@@H](N)Cc1ccc(OC(=O)C(C)C)c(OC(=O)C(C)C)c1. The summed E-state index contributed by atoms with van der Waals surface area (Å²) in [6.45, 7) is 12.1. The third kappa shape index (κ3) is 10.8. The van der Waals surface area contributed by atoms with E-state index in [1.165, 1.54) is 12.1 Å². The molecular weight excluding hydrogens is 466 g/mol. The van der Waals surface area contributed by atoms with Crippen LogP contribution in [0.3, 0.4) is 0 Å². The van der Waals surface area contributed by atoms with Gasteiger partial charge < -0.3 is 24.7 Å². The Morgan fingerprint density at radius 3 is 1.89 bits per heavy atom. The number of esters is 4. The summed E-state index contributed by atoms with van der Waals surface area (Å²) in [4.78, 5) is 48.7. The smallest absolute Gasteiger partial charge is 0.323 e. The van der Waals surface area contributed by atoms with Crippen LogP contribution in [0.5, 0.6) is 11.5 Å². The lowest BCUT2D eigenvalue weighted by molar-refractivity contribution is -0.166. The van der Waals surface area contributed by atoms with Crippen LogP contribution in [0.2, 0.25) is 0 Å². The molecule has 0 radical (unpaired) electrons. The Morgan fingerprint density at radius 2 is 1.33 bits per heavy atom. The highest BCUT2D eigenvalue weighted by molar-refractivity contribution is 5.78. The predicted molar refractivity (Wildman–Crippen MR) is 134 cm³/mol. The van der Waals surface area contributed by atoms with Crippen molar-refractivity contribution in [2.24, 2.45) is 17.6 Å². The van der Waals surface area contributed by atoms with Crippen molar-refractivity contribution in [2.75, 3.05) is 0 Å². The fourth-order valence-corrected chi connectivity index (χ4v) is 2.88. The fourth-order valence-electron chi connectivity index (χ4n) is 2.88. The molecule has 1 aromatic carbocycles. The third-order valence-electron chi connectivity index (χ3n) is 5.40. The van der Waals surface area contributed by atoms with Gasteiger partial charge in [0, 0.05) is 6.42 Å². The summed E-state index contributed by atoms with van der Waals surface area (Å²) < 4.78 is 21.5. The Bertz CT molecular complexity index is 896. The van der Waals surface area contributed by atoms with E-state index in [0.29, 0.717) is 12.0 Å². The molecule has 0 saturated heterocycles. The Labute approximate surface area is 214 Å². The van der Waals surface area contributed by atoms with Crippen molar-refractivity contribution in [3.8, 4) is 11.5 Å². The molecule has 0 fully saturated rings. The second-order valence-corrected chi connectivity index (χ2v) is 9.54. The van der Waals surface area contributed by atoms with Crippen LogP contribution >= 0.6 is 0 Å². The second kappa shape index (κ2) is 15.2. The number of benzene rings is 1. The van der Waals surface area contributed by atoms with E-state index >= 15 is 0 Å². The number of hydrogen-bond donors (Lipinski definition) is 1. The molecule has 0 aliphatic rings. The maximum absolute atomic E-state index is 12.6. The summed E-state index contributed by atoms with van der Waals surface area (Å²) in [5.41, 5.74) is 6.64. The lowest BCUT2D eigenvalue weighted by Gasteiger charge is -2.22. The van der Waals surface area contributed by atoms with Crippen LogP contribution in [0.25, 0.3) is 0 Å². The van der Waals surface area contributed by atoms with Gasteiger partial charge in [-0.3, -0.25) is 19.2 Å². The minimum absolute atomic E-state index is 0.0674. The van der Waals surface area contributed by atoms with Gasteiger partial charge in [-0.05, 0) is 44.4 Å². The van der Waals surface area contributed by atoms with Crippen LogP contribution in [0, 0.1) is 11.8 Å². The molecule has 0 aliphatic heterocycles. The van der Waals surface area contributed by atoms with Crippen LogP contribution in [-0.2, 0) is 35.1 Å². The van der Waals surface area contributed by atoms with E-state index in [4.69, 9.17) is 24.7 Å². The number of rotatable bonds is 14. The average Bonchev–Trinajstić information content (AvgIpc) is 2.80. The lowest BCUT2D eigenvalue weighted by Crippen LogP contribution is -2.39. The second-order valence-electron chi connectivity index (χ2n) is 9.54. The molecule has 0 bridgehead atoms. The number of carbonyl (C=O) groups is 4. The van der Waals surface area contributed by atoms with Crippen LogP contribution in [0.1, 0.15) is 79.7 Å². The zero-order valence-corrected chi connectivity index (χ0v) is 22.5. The number of unbranched alkanes of at least 4 members (excludes halogenated alkanes) is 2. The molecule has 9 heteroatoms. The maximum atomic E-state index is 12.6. The van der Waals surface area contributed by atoms with Crippen molar-refractivity contribution in [2.45, 2.75) is 98.8 Å². The van der Waals surface area contributed by atoms with E-state index in [1.807, 2.05) is 6.92 Å². The number of hydrogen-bond acceptors (Lipinski definition) is 9. The van der Waals surface area contributed by atoms with E-state index in [1.54, 1.807) is 47.6 Å². The predicted octanol–water partition coefficient (Wildman–Crippen LogP) is 4.12. The zero-order chi connectivity index (χ0) is 27.4. The number of carbonyl (C=O) groups excluding carboxylic acids is 4. The number of ether oxygens (including phenoxy) is 4. The van der Waals surface area contributed by atoms with Crippen molar-refractivity contribution in [3.05, 3.63) is 23.8 Å². The fraction of sp³-hybridized carbons (Fsp3) is 0.630. The summed E-state index contributed by atoms with van der Waals surface area (Å²) in [7, 11) is 0. The highest BCUT2D eigenvalue weighted by Crippen LogP contribution is 2.30. The summed E-state index contributed by atoms with van der Waals surface area (Å²) in [5.74, 6) is -2.56. The van der Waals surface area contributed by atoms with Crippen molar-refractivity contribution < 1.29 is 38.1 Å². The molecule has 202 valence electrons. The first kappa shape index (κ1) is 31.1. The van der Waals surface area contributed by atoms with E-state index in [0.717, 1.165) is 19.3 Å². The first-order valence-electron chi connectivity index (χ1n) is 12.6. The normalized spacial score (nSPS) is 13.6. The first-order valence-corrected chi connectivity index (χ1v) is 12.6. The average molecular weight is 508 g/mol. The summed E-state index contributed by atoms with van der Waals surface area (Å²) in [6, 6.07) is 3.63. The van der Waals surface area contributed by atoms with Crippen LogP contribution in [-0.4, -0.2) is 42.1 Å². The van der Waals surface area contributed by atoms with Gasteiger partial charge in [-0.15, -0.1) is 0 Å². The molecule has 2 N–H and O–H groups in total. The molecule has 0 heterocycles. The molecule has 1 rings (SSSR count). The van der Waals surface area contributed by atoms with Crippen molar-refractivity contribution >= 4 is 23.9 Å². The Balaban J connectivity index is 2.83. The van der Waals surface area contributed by atoms with Crippen LogP contribution in [0.15, 0.2) is 18.2 Å². The van der Waals surface area contributed by atoms with Gasteiger partial charge in [-0.1, -0.05) is 53.5 Å². The van der Waals surface area contributed by atoms with Gasteiger partial charge in [-0.25, -0.2) is 0 Å². The van der Waals surface area contributed by atoms with Gasteiger partial charge in [0.25, 0.3) is 0 Å². The molecule has 0 spiro atoms. The lowest BCUT2D eigenvalue weighted by atomic mass is 10.1. The van der Waals surface area contributed by atoms with Crippen LogP contribution in [0.4, 0.5) is 0 Å². The van der Waals surface area contributed by atoms with Crippen molar-refractivity contribution in [1.82, 2.24) is 0 Å². The Hall–Kier alpha value is -2.94. The van der Waals surface area contributed by atoms with E-state index < -0.39 is 42.1 Å². The molecule has 0 saturated carbocycles. The minimum atomic E-state index is -1.02.